The molecule has 0 bridgehead atoms. The van der Waals surface area contributed by atoms with Crippen molar-refractivity contribution < 1.29 is 14.3 Å². The molecule has 2 aliphatic heterocycles. The van der Waals surface area contributed by atoms with Crippen LogP contribution < -0.4 is 14.8 Å². The molecular weight excluding hydrogens is 474 g/mol. The highest BCUT2D eigenvalue weighted by Crippen LogP contribution is 2.42. The minimum absolute atomic E-state index is 0.0109. The van der Waals surface area contributed by atoms with Gasteiger partial charge in [0.05, 0.1) is 6.04 Å². The van der Waals surface area contributed by atoms with E-state index < -0.39 is 5.41 Å². The maximum atomic E-state index is 12.3. The number of rotatable bonds is 5. The van der Waals surface area contributed by atoms with E-state index in [9.17, 15) is 4.79 Å². The van der Waals surface area contributed by atoms with Crippen LogP contribution in [-0.4, -0.2) is 35.7 Å². The number of aromatic nitrogens is 1. The zero-order valence-electron chi connectivity index (χ0n) is 22.1. The minimum atomic E-state index is -0.424. The molecule has 0 saturated carbocycles. The summed E-state index contributed by atoms with van der Waals surface area (Å²) >= 11 is 0. The fourth-order valence-corrected chi connectivity index (χ4v) is 5.27. The average Bonchev–Trinajstić information content (AvgIpc) is 3.53. The van der Waals surface area contributed by atoms with Crippen LogP contribution >= 0.6 is 0 Å². The SMILES string of the molecule is CC(C)(C)C(=O)Nc1ccc(C=CCN2CCc3c([nH]c4ccccc34)C2c2ccc3c(c2)OCO3)cc1. The van der Waals surface area contributed by atoms with E-state index in [0.29, 0.717) is 0 Å². The molecule has 0 spiro atoms. The molecule has 6 heteroatoms. The molecule has 1 amide bonds. The van der Waals surface area contributed by atoms with Crippen LogP contribution in [0.15, 0.2) is 72.8 Å². The van der Waals surface area contributed by atoms with Crippen LogP contribution in [0.5, 0.6) is 11.5 Å². The monoisotopic (exact) mass is 507 g/mol. The molecule has 38 heavy (non-hydrogen) atoms. The summed E-state index contributed by atoms with van der Waals surface area (Å²) in [5, 5.41) is 4.29. The Bertz CT molecular complexity index is 1510. The first-order valence-corrected chi connectivity index (χ1v) is 13.2. The van der Waals surface area contributed by atoms with Crippen molar-refractivity contribution >= 4 is 28.6 Å². The third-order valence-corrected chi connectivity index (χ3v) is 7.35. The van der Waals surface area contributed by atoms with Gasteiger partial charge in [0.15, 0.2) is 11.5 Å². The quantitative estimate of drug-likeness (QED) is 0.322. The number of H-pyrrole nitrogens is 1. The molecule has 0 radical (unpaired) electrons. The number of aromatic amines is 1. The highest BCUT2D eigenvalue weighted by molar-refractivity contribution is 5.94. The molecule has 6 nitrogen and oxygen atoms in total. The van der Waals surface area contributed by atoms with E-state index in [4.69, 9.17) is 9.47 Å². The Hall–Kier alpha value is -4.03. The molecule has 4 aromatic rings. The maximum absolute atomic E-state index is 12.3. The van der Waals surface area contributed by atoms with Gasteiger partial charge in [-0.15, -0.1) is 0 Å². The second kappa shape index (κ2) is 9.69. The zero-order valence-corrected chi connectivity index (χ0v) is 22.1. The Labute approximate surface area is 223 Å². The van der Waals surface area contributed by atoms with Crippen molar-refractivity contribution in [2.75, 3.05) is 25.2 Å². The van der Waals surface area contributed by atoms with Crippen molar-refractivity contribution in [2.24, 2.45) is 5.41 Å². The number of hydrogen-bond acceptors (Lipinski definition) is 4. The maximum Gasteiger partial charge on any atom is 0.231 e. The van der Waals surface area contributed by atoms with E-state index in [1.165, 1.54) is 27.7 Å². The second-order valence-corrected chi connectivity index (χ2v) is 11.1. The van der Waals surface area contributed by atoms with E-state index in [1.54, 1.807) is 0 Å². The summed E-state index contributed by atoms with van der Waals surface area (Å²) in [7, 11) is 0. The molecule has 3 aromatic carbocycles. The highest BCUT2D eigenvalue weighted by Gasteiger charge is 2.32. The summed E-state index contributed by atoms with van der Waals surface area (Å²) < 4.78 is 11.3. The lowest BCUT2D eigenvalue weighted by Gasteiger charge is -2.35. The highest BCUT2D eigenvalue weighted by atomic mass is 16.7. The van der Waals surface area contributed by atoms with Gasteiger partial charge < -0.3 is 19.8 Å². The van der Waals surface area contributed by atoms with Gasteiger partial charge in [0.25, 0.3) is 0 Å². The molecule has 6 rings (SSSR count). The predicted octanol–water partition coefficient (Wildman–Crippen LogP) is 6.54. The molecule has 0 aliphatic carbocycles. The first-order chi connectivity index (χ1) is 18.4. The van der Waals surface area contributed by atoms with E-state index in [-0.39, 0.29) is 18.7 Å². The average molecular weight is 508 g/mol. The van der Waals surface area contributed by atoms with Crippen LogP contribution in [-0.2, 0) is 11.2 Å². The van der Waals surface area contributed by atoms with Crippen LogP contribution in [0.25, 0.3) is 17.0 Å². The number of amides is 1. The number of nitrogens with one attached hydrogen (secondary N) is 2. The molecule has 2 N–H and O–H groups in total. The minimum Gasteiger partial charge on any atom is -0.454 e. The molecule has 194 valence electrons. The Morgan fingerprint density at radius 3 is 2.66 bits per heavy atom. The fraction of sp³-hybridized carbons (Fsp3) is 0.281. The Kier molecular flexibility index (Phi) is 6.20. The molecule has 3 heterocycles. The summed E-state index contributed by atoms with van der Waals surface area (Å²) in [6.07, 6.45) is 5.36. The molecule has 2 aliphatic rings. The normalized spacial score (nSPS) is 17.2. The van der Waals surface area contributed by atoms with Crippen LogP contribution in [0.2, 0.25) is 0 Å². The molecule has 1 atom stereocenters. The van der Waals surface area contributed by atoms with E-state index in [2.05, 4.69) is 63.8 Å². The Morgan fingerprint density at radius 2 is 1.84 bits per heavy atom. The lowest BCUT2D eigenvalue weighted by atomic mass is 9.92. The van der Waals surface area contributed by atoms with Gasteiger partial charge in [-0.2, -0.15) is 0 Å². The Balaban J connectivity index is 1.24. The molecule has 1 unspecified atom stereocenters. The summed E-state index contributed by atoms with van der Waals surface area (Å²) in [4.78, 5) is 18.5. The third kappa shape index (κ3) is 4.68. The summed E-state index contributed by atoms with van der Waals surface area (Å²) in [5.74, 6) is 1.62. The Morgan fingerprint density at radius 1 is 1.05 bits per heavy atom. The van der Waals surface area contributed by atoms with Crippen molar-refractivity contribution in [3.8, 4) is 11.5 Å². The molecule has 0 saturated heterocycles. The lowest BCUT2D eigenvalue weighted by molar-refractivity contribution is -0.123. The number of fused-ring (bicyclic) bond motifs is 4. The first kappa shape index (κ1) is 24.3. The summed E-state index contributed by atoms with van der Waals surface area (Å²) in [6.45, 7) is 7.76. The van der Waals surface area contributed by atoms with Crippen molar-refractivity contribution in [2.45, 2.75) is 33.2 Å². The zero-order chi connectivity index (χ0) is 26.3. The van der Waals surface area contributed by atoms with Gasteiger partial charge in [0.1, 0.15) is 0 Å². The largest absolute Gasteiger partial charge is 0.454 e. The van der Waals surface area contributed by atoms with Crippen LogP contribution in [0, 0.1) is 5.41 Å². The lowest BCUT2D eigenvalue weighted by Crippen LogP contribution is -2.36. The first-order valence-electron chi connectivity index (χ1n) is 13.2. The van der Waals surface area contributed by atoms with Gasteiger partial charge in [-0.1, -0.05) is 69.3 Å². The topological polar surface area (TPSA) is 66.6 Å². The number of benzene rings is 3. The number of para-hydroxylation sites is 1. The standard InChI is InChI=1S/C32H33N3O3/c1-32(2,3)31(36)33-23-13-10-21(11-14-23)7-6-17-35-18-16-25-24-8-4-5-9-26(24)34-29(25)30(35)22-12-15-27-28(19-22)38-20-37-27/h4-15,19,30,34H,16-18,20H2,1-3H3,(H,33,36). The number of nitrogens with zero attached hydrogens (tertiary/aromatic N) is 1. The van der Waals surface area contributed by atoms with Gasteiger partial charge >= 0.3 is 0 Å². The summed E-state index contributed by atoms with van der Waals surface area (Å²) in [6, 6.07) is 22.9. The van der Waals surface area contributed by atoms with Crippen molar-refractivity contribution in [3.05, 3.63) is 95.2 Å². The molecular formula is C32H33N3O3. The van der Waals surface area contributed by atoms with Crippen molar-refractivity contribution in [3.63, 3.8) is 0 Å². The molecule has 1 aromatic heterocycles. The van der Waals surface area contributed by atoms with Gasteiger partial charge in [0, 0.05) is 40.8 Å². The van der Waals surface area contributed by atoms with Gasteiger partial charge in [-0.3, -0.25) is 9.69 Å². The van der Waals surface area contributed by atoms with Crippen LogP contribution in [0.1, 0.15) is 49.2 Å². The number of carbonyl (C=O) groups is 1. The van der Waals surface area contributed by atoms with Crippen molar-refractivity contribution in [1.29, 1.82) is 0 Å². The fourth-order valence-electron chi connectivity index (χ4n) is 5.27. The number of hydrogen-bond donors (Lipinski definition) is 2. The predicted molar refractivity (Wildman–Crippen MR) is 152 cm³/mol. The third-order valence-electron chi connectivity index (χ3n) is 7.35. The number of ether oxygens (including phenoxy) is 2. The van der Waals surface area contributed by atoms with Crippen LogP contribution in [0.3, 0.4) is 0 Å². The second-order valence-electron chi connectivity index (χ2n) is 11.1. The van der Waals surface area contributed by atoms with Gasteiger partial charge in [-0.25, -0.2) is 0 Å². The van der Waals surface area contributed by atoms with E-state index in [0.717, 1.165) is 42.3 Å². The van der Waals surface area contributed by atoms with E-state index in [1.807, 2.05) is 51.1 Å². The van der Waals surface area contributed by atoms with Gasteiger partial charge in [-0.05, 0) is 53.4 Å². The van der Waals surface area contributed by atoms with E-state index >= 15 is 0 Å². The van der Waals surface area contributed by atoms with Gasteiger partial charge in [0.2, 0.25) is 12.7 Å². The number of anilines is 1. The molecule has 0 fully saturated rings. The van der Waals surface area contributed by atoms with Crippen molar-refractivity contribution in [1.82, 2.24) is 9.88 Å². The smallest absolute Gasteiger partial charge is 0.231 e. The number of carbonyl (C=O) groups excluding carboxylic acids is 1. The van der Waals surface area contributed by atoms with Crippen LogP contribution in [0.4, 0.5) is 5.69 Å². The summed E-state index contributed by atoms with van der Waals surface area (Å²) in [5.41, 5.74) is 6.51.